The Kier molecular flexibility index (Phi) is 4.63. The quantitative estimate of drug-likeness (QED) is 0.904. The summed E-state index contributed by atoms with van der Waals surface area (Å²) in [5, 5.41) is 0. The van der Waals surface area contributed by atoms with Crippen molar-refractivity contribution in [3.63, 3.8) is 0 Å². The van der Waals surface area contributed by atoms with Crippen LogP contribution in [0.4, 0.5) is 15.8 Å². The molecule has 2 aromatic carbocycles. The normalized spacial score (nSPS) is 13.8. The van der Waals surface area contributed by atoms with E-state index >= 15 is 0 Å². The lowest BCUT2D eigenvalue weighted by Crippen LogP contribution is -2.36. The van der Waals surface area contributed by atoms with Gasteiger partial charge in [0.1, 0.15) is 18.2 Å². The number of benzene rings is 2. The summed E-state index contributed by atoms with van der Waals surface area (Å²) in [7, 11) is -3.68. The number of halogens is 1. The Labute approximate surface area is 145 Å². The third-order valence-electron chi connectivity index (χ3n) is 3.75. The highest BCUT2D eigenvalue weighted by Gasteiger charge is 2.22. The summed E-state index contributed by atoms with van der Waals surface area (Å²) < 4.78 is 45.5. The van der Waals surface area contributed by atoms with E-state index in [1.807, 2.05) is 0 Å². The first-order chi connectivity index (χ1) is 11.8. The molecular weight excluding hydrogens is 347 g/mol. The molecule has 1 aliphatic heterocycles. The molecule has 0 unspecified atom stereocenters. The van der Waals surface area contributed by atoms with Crippen molar-refractivity contribution < 1.29 is 22.3 Å². The minimum absolute atomic E-state index is 0.143. The van der Waals surface area contributed by atoms with Crippen molar-refractivity contribution in [2.24, 2.45) is 0 Å². The standard InChI is InChI=1S/C17H17FN2O4S/c1-12(21)20-8-9-24-17-7-6-15(10-16(17)20)19-25(22,23)11-13-2-4-14(18)5-3-13/h2-7,10,19H,8-9,11H2,1H3. The Morgan fingerprint density at radius 2 is 1.96 bits per heavy atom. The largest absolute Gasteiger partial charge is 0.490 e. The van der Waals surface area contributed by atoms with Crippen molar-refractivity contribution >= 4 is 27.3 Å². The highest BCUT2D eigenvalue weighted by Crippen LogP contribution is 2.34. The zero-order chi connectivity index (χ0) is 18.0. The molecule has 0 aromatic heterocycles. The summed E-state index contributed by atoms with van der Waals surface area (Å²) in [4.78, 5) is 13.3. The van der Waals surface area contributed by atoms with Crippen molar-refractivity contribution in [3.8, 4) is 5.75 Å². The molecular formula is C17H17FN2O4S. The number of amides is 1. The molecule has 1 aliphatic rings. The van der Waals surface area contributed by atoms with Crippen LogP contribution >= 0.6 is 0 Å². The summed E-state index contributed by atoms with van der Waals surface area (Å²) in [6.07, 6.45) is 0. The zero-order valence-corrected chi connectivity index (χ0v) is 14.3. The first-order valence-corrected chi connectivity index (χ1v) is 9.29. The van der Waals surface area contributed by atoms with Gasteiger partial charge in [-0.3, -0.25) is 9.52 Å². The van der Waals surface area contributed by atoms with Gasteiger partial charge in [-0.1, -0.05) is 12.1 Å². The molecule has 1 N–H and O–H groups in total. The van der Waals surface area contributed by atoms with Gasteiger partial charge in [0.15, 0.2) is 0 Å². The Morgan fingerprint density at radius 3 is 2.64 bits per heavy atom. The van der Waals surface area contributed by atoms with Crippen molar-refractivity contribution in [3.05, 3.63) is 53.8 Å². The molecule has 2 aromatic rings. The van der Waals surface area contributed by atoms with Gasteiger partial charge < -0.3 is 9.64 Å². The van der Waals surface area contributed by atoms with Crippen LogP contribution < -0.4 is 14.4 Å². The summed E-state index contributed by atoms with van der Waals surface area (Å²) in [5.74, 6) is -0.316. The minimum Gasteiger partial charge on any atom is -0.490 e. The number of carbonyl (C=O) groups is 1. The molecule has 3 rings (SSSR count). The van der Waals surface area contributed by atoms with Gasteiger partial charge in [0.25, 0.3) is 0 Å². The molecule has 0 spiro atoms. The Bertz CT molecular complexity index is 897. The second-order valence-corrected chi connectivity index (χ2v) is 7.41. The van der Waals surface area contributed by atoms with Crippen LogP contribution in [0.25, 0.3) is 0 Å². The fourth-order valence-corrected chi connectivity index (χ4v) is 3.81. The van der Waals surface area contributed by atoms with Crippen molar-refractivity contribution in [1.82, 2.24) is 0 Å². The van der Waals surface area contributed by atoms with Gasteiger partial charge in [-0.25, -0.2) is 12.8 Å². The maximum atomic E-state index is 12.9. The number of rotatable bonds is 4. The predicted octanol–water partition coefficient (Wildman–Crippen LogP) is 2.51. The van der Waals surface area contributed by atoms with Crippen LogP contribution in [0.15, 0.2) is 42.5 Å². The van der Waals surface area contributed by atoms with E-state index in [0.717, 1.165) is 0 Å². The van der Waals surface area contributed by atoms with Crippen molar-refractivity contribution in [1.29, 1.82) is 0 Å². The Balaban J connectivity index is 1.81. The molecule has 8 heteroatoms. The van der Waals surface area contributed by atoms with Gasteiger partial charge in [-0.05, 0) is 35.9 Å². The number of fused-ring (bicyclic) bond motifs is 1. The molecule has 6 nitrogen and oxygen atoms in total. The second-order valence-electron chi connectivity index (χ2n) is 5.69. The molecule has 0 radical (unpaired) electrons. The molecule has 1 amide bonds. The van der Waals surface area contributed by atoms with Gasteiger partial charge in [-0.15, -0.1) is 0 Å². The molecule has 0 saturated carbocycles. The van der Waals surface area contributed by atoms with E-state index in [1.54, 1.807) is 18.2 Å². The number of nitrogens with one attached hydrogen (secondary N) is 1. The summed E-state index contributed by atoms with van der Waals surface area (Å²) in [5.41, 5.74) is 1.33. The van der Waals surface area contributed by atoms with Crippen LogP contribution in [0.5, 0.6) is 5.75 Å². The van der Waals surface area contributed by atoms with E-state index in [0.29, 0.717) is 35.8 Å². The lowest BCUT2D eigenvalue weighted by Gasteiger charge is -2.29. The zero-order valence-electron chi connectivity index (χ0n) is 13.5. The van der Waals surface area contributed by atoms with E-state index in [9.17, 15) is 17.6 Å². The van der Waals surface area contributed by atoms with Crippen LogP contribution in [0.3, 0.4) is 0 Å². The van der Waals surface area contributed by atoms with Crippen molar-refractivity contribution in [2.75, 3.05) is 22.8 Å². The number of hydrogen-bond donors (Lipinski definition) is 1. The lowest BCUT2D eigenvalue weighted by atomic mass is 10.2. The fraction of sp³-hybridized carbons (Fsp3) is 0.235. The van der Waals surface area contributed by atoms with Crippen LogP contribution in [0.1, 0.15) is 12.5 Å². The second kappa shape index (κ2) is 6.72. The highest BCUT2D eigenvalue weighted by atomic mass is 32.2. The average molecular weight is 364 g/mol. The summed E-state index contributed by atoms with van der Waals surface area (Å²) in [6.45, 7) is 2.25. The topological polar surface area (TPSA) is 75.7 Å². The Morgan fingerprint density at radius 1 is 1.24 bits per heavy atom. The van der Waals surface area contributed by atoms with Gasteiger partial charge >= 0.3 is 0 Å². The molecule has 1 heterocycles. The molecule has 0 aliphatic carbocycles. The molecule has 25 heavy (non-hydrogen) atoms. The number of carbonyl (C=O) groups excluding carboxylic acids is 1. The monoisotopic (exact) mass is 364 g/mol. The third kappa shape index (κ3) is 4.08. The third-order valence-corrected chi connectivity index (χ3v) is 5.01. The number of anilines is 2. The molecule has 132 valence electrons. The van der Waals surface area contributed by atoms with Gasteiger partial charge in [0.05, 0.1) is 23.7 Å². The first kappa shape index (κ1) is 17.2. The lowest BCUT2D eigenvalue weighted by molar-refractivity contribution is -0.116. The van der Waals surface area contributed by atoms with Gasteiger partial charge in [0, 0.05) is 6.92 Å². The average Bonchev–Trinajstić information content (AvgIpc) is 2.55. The van der Waals surface area contributed by atoms with Crippen LogP contribution in [0, 0.1) is 5.82 Å². The number of sulfonamides is 1. The SMILES string of the molecule is CC(=O)N1CCOc2ccc(NS(=O)(=O)Cc3ccc(F)cc3)cc21. The van der Waals surface area contributed by atoms with E-state index in [1.165, 1.54) is 36.1 Å². The van der Waals surface area contributed by atoms with Crippen LogP contribution in [-0.2, 0) is 20.6 Å². The first-order valence-electron chi connectivity index (χ1n) is 7.64. The maximum Gasteiger partial charge on any atom is 0.236 e. The van der Waals surface area contributed by atoms with Crippen LogP contribution in [0.2, 0.25) is 0 Å². The molecule has 0 bridgehead atoms. The van der Waals surface area contributed by atoms with Gasteiger partial charge in [0.2, 0.25) is 15.9 Å². The van der Waals surface area contributed by atoms with Crippen molar-refractivity contribution in [2.45, 2.75) is 12.7 Å². The van der Waals surface area contributed by atoms with Crippen LogP contribution in [-0.4, -0.2) is 27.5 Å². The smallest absolute Gasteiger partial charge is 0.236 e. The number of hydrogen-bond acceptors (Lipinski definition) is 4. The predicted molar refractivity (Wildman–Crippen MR) is 92.6 cm³/mol. The minimum atomic E-state index is -3.68. The maximum absolute atomic E-state index is 12.9. The van der Waals surface area contributed by atoms with E-state index < -0.39 is 15.8 Å². The molecule has 0 atom stereocenters. The van der Waals surface area contributed by atoms with E-state index in [4.69, 9.17) is 4.74 Å². The number of ether oxygens (including phenoxy) is 1. The fourth-order valence-electron chi connectivity index (χ4n) is 2.62. The number of nitrogens with zero attached hydrogens (tertiary/aromatic N) is 1. The van der Waals surface area contributed by atoms with E-state index in [-0.39, 0.29) is 11.7 Å². The highest BCUT2D eigenvalue weighted by molar-refractivity contribution is 7.91. The van der Waals surface area contributed by atoms with E-state index in [2.05, 4.69) is 4.72 Å². The molecule has 0 saturated heterocycles. The summed E-state index contributed by atoms with van der Waals surface area (Å²) >= 11 is 0. The van der Waals surface area contributed by atoms with Gasteiger partial charge in [-0.2, -0.15) is 0 Å². The Hall–Kier alpha value is -2.61. The molecule has 0 fully saturated rings. The summed E-state index contributed by atoms with van der Waals surface area (Å²) in [6, 6.07) is 10.0.